The highest BCUT2D eigenvalue weighted by Gasteiger charge is 2.24. The van der Waals surface area contributed by atoms with Crippen molar-refractivity contribution >= 4 is 11.9 Å². The number of ether oxygens (including phenoxy) is 1. The molecule has 382 valence electrons. The van der Waals surface area contributed by atoms with Crippen LogP contribution in [0.1, 0.15) is 303 Å². The van der Waals surface area contributed by atoms with Gasteiger partial charge in [0.1, 0.15) is 6.10 Å². The number of amides is 1. The summed E-state index contributed by atoms with van der Waals surface area (Å²) in [7, 11) is 0. The van der Waals surface area contributed by atoms with Crippen molar-refractivity contribution in [3.8, 4) is 0 Å². The average molecular weight is 915 g/mol. The van der Waals surface area contributed by atoms with Gasteiger partial charge in [-0.15, -0.1) is 0 Å². The molecule has 0 heterocycles. The summed E-state index contributed by atoms with van der Waals surface area (Å²) in [6.45, 7) is 6.48. The SMILES string of the molecule is CCCCCC/C=C\CCCCCCCCCC(=O)OC(CCC/C=C/C=C/CCCCCCCCC)CC(=O)NC(CO)C(O)CCCCCCCCCCCCCCCCCCC. The number of carbonyl (C=O) groups is 2. The fraction of sp³-hybridized carbons (Fsp3) is 0.864. The quantitative estimate of drug-likeness (QED) is 0.0244. The third-order valence-corrected chi connectivity index (χ3v) is 13.2. The lowest BCUT2D eigenvalue weighted by Gasteiger charge is -2.24. The van der Waals surface area contributed by atoms with Crippen LogP contribution in [0, 0.1) is 0 Å². The van der Waals surface area contributed by atoms with Crippen LogP contribution in [-0.4, -0.2) is 46.9 Å². The van der Waals surface area contributed by atoms with Crippen molar-refractivity contribution in [2.75, 3.05) is 6.61 Å². The van der Waals surface area contributed by atoms with Gasteiger partial charge in [0.15, 0.2) is 0 Å². The maximum absolute atomic E-state index is 13.2. The van der Waals surface area contributed by atoms with Crippen LogP contribution in [0.2, 0.25) is 0 Å². The Hall–Kier alpha value is -1.92. The maximum atomic E-state index is 13.2. The maximum Gasteiger partial charge on any atom is 0.306 e. The van der Waals surface area contributed by atoms with E-state index >= 15 is 0 Å². The summed E-state index contributed by atoms with van der Waals surface area (Å²) in [5.41, 5.74) is 0. The van der Waals surface area contributed by atoms with Crippen molar-refractivity contribution < 1.29 is 24.5 Å². The Morgan fingerprint density at radius 1 is 0.446 bits per heavy atom. The van der Waals surface area contributed by atoms with Gasteiger partial charge in [0.05, 0.1) is 25.2 Å². The molecule has 0 rings (SSSR count). The molecule has 0 aliphatic rings. The van der Waals surface area contributed by atoms with E-state index in [1.165, 1.54) is 199 Å². The van der Waals surface area contributed by atoms with Gasteiger partial charge in [-0.1, -0.05) is 256 Å². The van der Waals surface area contributed by atoms with E-state index in [9.17, 15) is 19.8 Å². The zero-order valence-corrected chi connectivity index (χ0v) is 43.6. The second-order valence-electron chi connectivity index (χ2n) is 19.7. The van der Waals surface area contributed by atoms with Crippen molar-refractivity contribution in [3.63, 3.8) is 0 Å². The molecular weight excluding hydrogens is 803 g/mol. The second-order valence-corrected chi connectivity index (χ2v) is 19.7. The molecule has 0 aromatic rings. The van der Waals surface area contributed by atoms with Gasteiger partial charge in [-0.3, -0.25) is 9.59 Å². The Balaban J connectivity index is 4.56. The monoisotopic (exact) mass is 914 g/mol. The van der Waals surface area contributed by atoms with E-state index in [0.717, 1.165) is 57.8 Å². The first-order chi connectivity index (χ1) is 32.0. The van der Waals surface area contributed by atoms with Gasteiger partial charge in [-0.25, -0.2) is 0 Å². The molecule has 0 bridgehead atoms. The van der Waals surface area contributed by atoms with Crippen LogP contribution < -0.4 is 5.32 Å². The van der Waals surface area contributed by atoms with Crippen molar-refractivity contribution in [2.24, 2.45) is 0 Å². The topological polar surface area (TPSA) is 95.9 Å². The largest absolute Gasteiger partial charge is 0.462 e. The molecule has 1 amide bonds. The van der Waals surface area contributed by atoms with E-state index in [0.29, 0.717) is 19.3 Å². The highest BCUT2D eigenvalue weighted by atomic mass is 16.5. The van der Waals surface area contributed by atoms with E-state index in [2.05, 4.69) is 62.5 Å². The summed E-state index contributed by atoms with van der Waals surface area (Å²) in [6, 6.07) is -0.715. The number of nitrogens with one attached hydrogen (secondary N) is 1. The minimum absolute atomic E-state index is 0.0458. The van der Waals surface area contributed by atoms with Crippen LogP contribution in [0.5, 0.6) is 0 Å². The molecule has 0 saturated heterocycles. The summed E-state index contributed by atoms with van der Waals surface area (Å²) in [6.07, 6.45) is 63.6. The number of aliphatic hydroxyl groups excluding tert-OH is 2. The Kier molecular flexibility index (Phi) is 51.5. The molecule has 65 heavy (non-hydrogen) atoms. The number of aliphatic hydroxyl groups is 2. The summed E-state index contributed by atoms with van der Waals surface area (Å²) in [5.74, 6) is -0.514. The molecule has 3 unspecified atom stereocenters. The highest BCUT2D eigenvalue weighted by molar-refractivity contribution is 5.77. The first-order valence-corrected chi connectivity index (χ1v) is 28.7. The zero-order valence-electron chi connectivity index (χ0n) is 43.6. The van der Waals surface area contributed by atoms with Gasteiger partial charge in [0.2, 0.25) is 5.91 Å². The lowest BCUT2D eigenvalue weighted by Crippen LogP contribution is -2.46. The van der Waals surface area contributed by atoms with Crippen LogP contribution in [0.25, 0.3) is 0 Å². The van der Waals surface area contributed by atoms with E-state index in [1.807, 2.05) is 0 Å². The van der Waals surface area contributed by atoms with Gasteiger partial charge < -0.3 is 20.3 Å². The summed E-state index contributed by atoms with van der Waals surface area (Å²) in [4.78, 5) is 26.2. The molecule has 0 radical (unpaired) electrons. The fourth-order valence-corrected chi connectivity index (χ4v) is 8.84. The summed E-state index contributed by atoms with van der Waals surface area (Å²) < 4.78 is 5.93. The van der Waals surface area contributed by atoms with E-state index in [-0.39, 0.29) is 24.9 Å². The molecular formula is C59H111NO5. The lowest BCUT2D eigenvalue weighted by atomic mass is 10.0. The Morgan fingerprint density at radius 2 is 0.800 bits per heavy atom. The Bertz CT molecular complexity index is 1070. The van der Waals surface area contributed by atoms with Crippen molar-refractivity contribution in [2.45, 2.75) is 322 Å². The van der Waals surface area contributed by atoms with E-state index in [1.54, 1.807) is 0 Å². The number of carbonyl (C=O) groups excluding carboxylic acids is 2. The standard InChI is InChI=1S/C59H111NO5/c1-4-7-10-13-16-19-22-25-28-29-31-33-36-39-42-45-48-51-57(62)56(54-61)60-58(63)53-55(50-47-44-41-38-35-32-27-24-21-18-15-12-9-6-3)65-59(64)52-49-46-43-40-37-34-30-26-23-20-17-14-11-8-5-2/h20,23,32,35,38,41,55-57,61-62H,4-19,21-22,24-31,33-34,36-37,39-40,42-54H2,1-3H3,(H,60,63)/b23-20-,35-32+,41-38+. The molecule has 3 N–H and O–H groups in total. The predicted molar refractivity (Wildman–Crippen MR) is 282 cm³/mol. The second kappa shape index (κ2) is 53.0. The molecule has 0 saturated carbocycles. The van der Waals surface area contributed by atoms with Gasteiger partial charge in [-0.05, 0) is 70.6 Å². The highest BCUT2D eigenvalue weighted by Crippen LogP contribution is 2.18. The minimum atomic E-state index is -0.799. The van der Waals surface area contributed by atoms with E-state index in [4.69, 9.17) is 4.74 Å². The molecule has 3 atom stereocenters. The number of esters is 1. The zero-order chi connectivity index (χ0) is 47.4. The first kappa shape index (κ1) is 63.1. The minimum Gasteiger partial charge on any atom is -0.462 e. The van der Waals surface area contributed by atoms with Crippen LogP contribution in [0.4, 0.5) is 0 Å². The van der Waals surface area contributed by atoms with Gasteiger partial charge in [0, 0.05) is 6.42 Å². The Labute approximate surface area is 404 Å². The molecule has 6 heteroatoms. The van der Waals surface area contributed by atoms with Gasteiger partial charge >= 0.3 is 5.97 Å². The van der Waals surface area contributed by atoms with Crippen molar-refractivity contribution in [3.05, 3.63) is 36.5 Å². The smallest absolute Gasteiger partial charge is 0.306 e. The number of hydrogen-bond acceptors (Lipinski definition) is 5. The number of rotatable bonds is 52. The van der Waals surface area contributed by atoms with Gasteiger partial charge in [-0.2, -0.15) is 0 Å². The summed E-state index contributed by atoms with van der Waals surface area (Å²) >= 11 is 0. The third-order valence-electron chi connectivity index (χ3n) is 13.2. The van der Waals surface area contributed by atoms with Crippen LogP contribution in [0.15, 0.2) is 36.5 Å². The number of hydrogen-bond donors (Lipinski definition) is 3. The average Bonchev–Trinajstić information content (AvgIpc) is 3.30. The van der Waals surface area contributed by atoms with Crippen molar-refractivity contribution in [1.29, 1.82) is 0 Å². The number of unbranched alkanes of at least 4 members (excludes halogenated alkanes) is 35. The van der Waals surface area contributed by atoms with E-state index < -0.39 is 18.2 Å². The molecule has 0 aliphatic heterocycles. The van der Waals surface area contributed by atoms with Crippen LogP contribution in [0.3, 0.4) is 0 Å². The normalized spacial score (nSPS) is 13.4. The van der Waals surface area contributed by atoms with Crippen LogP contribution >= 0.6 is 0 Å². The first-order valence-electron chi connectivity index (χ1n) is 28.7. The molecule has 6 nitrogen and oxygen atoms in total. The molecule has 0 aromatic heterocycles. The summed E-state index contributed by atoms with van der Waals surface area (Å²) in [5, 5.41) is 23.9. The predicted octanol–water partition coefficient (Wildman–Crippen LogP) is 17.6. The molecule has 0 spiro atoms. The lowest BCUT2D eigenvalue weighted by molar-refractivity contribution is -0.151. The van der Waals surface area contributed by atoms with Crippen LogP contribution in [-0.2, 0) is 14.3 Å². The van der Waals surface area contributed by atoms with Gasteiger partial charge in [0.25, 0.3) is 0 Å². The molecule has 0 aliphatic carbocycles. The fourth-order valence-electron chi connectivity index (χ4n) is 8.84. The molecule has 0 fully saturated rings. The number of allylic oxidation sites excluding steroid dienone is 6. The Morgan fingerprint density at radius 3 is 1.23 bits per heavy atom. The molecule has 0 aromatic carbocycles. The third kappa shape index (κ3) is 48.3. The van der Waals surface area contributed by atoms with Crippen molar-refractivity contribution in [1.82, 2.24) is 5.32 Å².